The van der Waals surface area contributed by atoms with Gasteiger partial charge in [0.15, 0.2) is 0 Å². The maximum atomic E-state index is 11.9. The number of anilines is 1. The zero-order valence-corrected chi connectivity index (χ0v) is 14.5. The molecule has 2 rings (SSSR count). The van der Waals surface area contributed by atoms with Crippen LogP contribution in [0.3, 0.4) is 0 Å². The summed E-state index contributed by atoms with van der Waals surface area (Å²) in [5.74, 6) is -0.352. The number of aromatic nitrogens is 1. The van der Waals surface area contributed by atoms with Gasteiger partial charge in [0, 0.05) is 11.4 Å². The Kier molecular flexibility index (Phi) is 6.95. The molecule has 25 heavy (non-hydrogen) atoms. The van der Waals surface area contributed by atoms with Gasteiger partial charge in [0.2, 0.25) is 0 Å². The predicted octanol–water partition coefficient (Wildman–Crippen LogP) is 3.67. The van der Waals surface area contributed by atoms with E-state index in [2.05, 4.69) is 15.6 Å². The van der Waals surface area contributed by atoms with Crippen LogP contribution >= 0.6 is 0 Å². The van der Waals surface area contributed by atoms with Crippen LogP contribution in [0, 0.1) is 6.92 Å². The smallest absolute Gasteiger partial charge is 0.338 e. The van der Waals surface area contributed by atoms with E-state index in [1.165, 1.54) is 0 Å². The van der Waals surface area contributed by atoms with Crippen molar-refractivity contribution in [3.05, 3.63) is 59.4 Å². The van der Waals surface area contributed by atoms with Crippen molar-refractivity contribution in [1.82, 2.24) is 10.3 Å². The molecule has 0 unspecified atom stereocenters. The Balaban J connectivity index is 1.81. The minimum absolute atomic E-state index is 0.332. The summed E-state index contributed by atoms with van der Waals surface area (Å²) in [4.78, 5) is 28.1. The minimum atomic E-state index is -0.352. The highest BCUT2D eigenvalue weighted by molar-refractivity contribution is 5.92. The molecule has 2 aromatic rings. The Morgan fingerprint density at radius 3 is 2.56 bits per heavy atom. The standard InChI is InChI=1S/C19H23N3O3/c1-3-4-12-25-18(23)15-8-10-16(11-9-15)22-19(24)20-13-17-7-5-6-14(2)21-17/h5-11H,3-4,12-13H2,1-2H3,(H2,20,22,24). The number of hydrogen-bond acceptors (Lipinski definition) is 4. The van der Waals surface area contributed by atoms with E-state index in [1.54, 1.807) is 24.3 Å². The van der Waals surface area contributed by atoms with Crippen LogP contribution in [-0.4, -0.2) is 23.6 Å². The lowest BCUT2D eigenvalue weighted by Gasteiger charge is -2.08. The molecule has 1 aromatic heterocycles. The van der Waals surface area contributed by atoms with Crippen LogP contribution in [-0.2, 0) is 11.3 Å². The van der Waals surface area contributed by atoms with Gasteiger partial charge < -0.3 is 15.4 Å². The number of nitrogens with one attached hydrogen (secondary N) is 2. The molecule has 0 aliphatic rings. The van der Waals surface area contributed by atoms with Crippen molar-refractivity contribution >= 4 is 17.7 Å². The number of aryl methyl sites for hydroxylation is 1. The van der Waals surface area contributed by atoms with Crippen LogP contribution < -0.4 is 10.6 Å². The van der Waals surface area contributed by atoms with E-state index in [9.17, 15) is 9.59 Å². The number of esters is 1. The number of carbonyl (C=O) groups excluding carboxylic acids is 2. The fourth-order valence-electron chi connectivity index (χ4n) is 2.13. The number of urea groups is 1. The fourth-order valence-corrected chi connectivity index (χ4v) is 2.13. The molecule has 132 valence electrons. The Morgan fingerprint density at radius 2 is 1.88 bits per heavy atom. The highest BCUT2D eigenvalue weighted by Crippen LogP contribution is 2.11. The van der Waals surface area contributed by atoms with Crippen molar-refractivity contribution < 1.29 is 14.3 Å². The van der Waals surface area contributed by atoms with Crippen molar-refractivity contribution in [3.63, 3.8) is 0 Å². The highest BCUT2D eigenvalue weighted by atomic mass is 16.5. The lowest BCUT2D eigenvalue weighted by atomic mass is 10.2. The van der Waals surface area contributed by atoms with Gasteiger partial charge in [-0.25, -0.2) is 9.59 Å². The number of hydrogen-bond donors (Lipinski definition) is 2. The molecule has 0 spiro atoms. The summed E-state index contributed by atoms with van der Waals surface area (Å²) in [5.41, 5.74) is 2.76. The molecule has 0 atom stereocenters. The Hall–Kier alpha value is -2.89. The van der Waals surface area contributed by atoms with Crippen LogP contribution in [0.25, 0.3) is 0 Å². The van der Waals surface area contributed by atoms with Crippen LogP contribution in [0.15, 0.2) is 42.5 Å². The predicted molar refractivity (Wildman–Crippen MR) is 96.5 cm³/mol. The Morgan fingerprint density at radius 1 is 1.12 bits per heavy atom. The van der Waals surface area contributed by atoms with Crippen molar-refractivity contribution in [2.45, 2.75) is 33.2 Å². The van der Waals surface area contributed by atoms with Crippen LogP contribution in [0.4, 0.5) is 10.5 Å². The SMILES string of the molecule is CCCCOC(=O)c1ccc(NC(=O)NCc2cccc(C)n2)cc1. The minimum Gasteiger partial charge on any atom is -0.462 e. The lowest BCUT2D eigenvalue weighted by Crippen LogP contribution is -2.28. The Labute approximate surface area is 147 Å². The van der Waals surface area contributed by atoms with Crippen molar-refractivity contribution in [2.24, 2.45) is 0 Å². The first-order valence-corrected chi connectivity index (χ1v) is 8.33. The summed E-state index contributed by atoms with van der Waals surface area (Å²) in [5, 5.41) is 5.46. The zero-order valence-electron chi connectivity index (χ0n) is 14.5. The summed E-state index contributed by atoms with van der Waals surface area (Å²) in [6.07, 6.45) is 1.82. The van der Waals surface area contributed by atoms with Crippen LogP contribution in [0.1, 0.15) is 41.5 Å². The summed E-state index contributed by atoms with van der Waals surface area (Å²) in [7, 11) is 0. The van der Waals surface area contributed by atoms with E-state index in [4.69, 9.17) is 4.74 Å². The third kappa shape index (κ3) is 6.25. The molecule has 0 aliphatic carbocycles. The number of unbranched alkanes of at least 4 members (excludes halogenated alkanes) is 1. The number of amides is 2. The summed E-state index contributed by atoms with van der Waals surface area (Å²) in [6, 6.07) is 11.9. The van der Waals surface area contributed by atoms with E-state index < -0.39 is 0 Å². The van der Waals surface area contributed by atoms with Gasteiger partial charge in [0.25, 0.3) is 0 Å². The molecule has 2 amide bonds. The second kappa shape index (κ2) is 9.42. The lowest BCUT2D eigenvalue weighted by molar-refractivity contribution is 0.0500. The summed E-state index contributed by atoms with van der Waals surface area (Å²) in [6.45, 7) is 4.70. The molecule has 0 saturated carbocycles. The second-order valence-electron chi connectivity index (χ2n) is 5.64. The highest BCUT2D eigenvalue weighted by Gasteiger charge is 2.08. The molecule has 6 heteroatoms. The van der Waals surface area contributed by atoms with Gasteiger partial charge >= 0.3 is 12.0 Å². The average Bonchev–Trinajstić information content (AvgIpc) is 2.61. The van der Waals surface area contributed by atoms with Crippen LogP contribution in [0.2, 0.25) is 0 Å². The molecule has 0 saturated heterocycles. The largest absolute Gasteiger partial charge is 0.462 e. The monoisotopic (exact) mass is 341 g/mol. The summed E-state index contributed by atoms with van der Waals surface area (Å²) < 4.78 is 5.14. The van der Waals surface area contributed by atoms with Gasteiger partial charge in [-0.05, 0) is 49.7 Å². The first-order valence-electron chi connectivity index (χ1n) is 8.33. The van der Waals surface area contributed by atoms with E-state index >= 15 is 0 Å². The van der Waals surface area contributed by atoms with Crippen molar-refractivity contribution in [3.8, 4) is 0 Å². The first kappa shape index (κ1) is 18.4. The maximum absolute atomic E-state index is 11.9. The third-order valence-electron chi connectivity index (χ3n) is 3.49. The van der Waals surface area contributed by atoms with Crippen molar-refractivity contribution in [1.29, 1.82) is 0 Å². The Bertz CT molecular complexity index is 714. The number of nitrogens with zero attached hydrogens (tertiary/aromatic N) is 1. The van der Waals surface area contributed by atoms with E-state index in [-0.39, 0.29) is 12.0 Å². The number of benzene rings is 1. The van der Waals surface area contributed by atoms with Gasteiger partial charge in [0.05, 0.1) is 24.4 Å². The maximum Gasteiger partial charge on any atom is 0.338 e. The summed E-state index contributed by atoms with van der Waals surface area (Å²) >= 11 is 0. The quantitative estimate of drug-likeness (QED) is 0.595. The number of rotatable bonds is 7. The van der Waals surface area contributed by atoms with E-state index in [0.717, 1.165) is 24.2 Å². The molecule has 0 radical (unpaired) electrons. The van der Waals surface area contributed by atoms with Gasteiger partial charge in [-0.2, -0.15) is 0 Å². The second-order valence-corrected chi connectivity index (χ2v) is 5.64. The zero-order chi connectivity index (χ0) is 18.1. The van der Waals surface area contributed by atoms with Crippen LogP contribution in [0.5, 0.6) is 0 Å². The molecule has 0 aliphatic heterocycles. The number of carbonyl (C=O) groups is 2. The van der Waals surface area contributed by atoms with Gasteiger partial charge in [-0.1, -0.05) is 19.4 Å². The topological polar surface area (TPSA) is 80.3 Å². The molecular weight excluding hydrogens is 318 g/mol. The van der Waals surface area contributed by atoms with Gasteiger partial charge in [-0.15, -0.1) is 0 Å². The fraction of sp³-hybridized carbons (Fsp3) is 0.316. The van der Waals surface area contributed by atoms with Crippen molar-refractivity contribution in [2.75, 3.05) is 11.9 Å². The molecule has 0 fully saturated rings. The molecule has 0 bridgehead atoms. The first-order chi connectivity index (χ1) is 12.1. The van der Waals surface area contributed by atoms with E-state index in [0.29, 0.717) is 24.4 Å². The molecule has 2 N–H and O–H groups in total. The molecule has 6 nitrogen and oxygen atoms in total. The van der Waals surface area contributed by atoms with Gasteiger partial charge in [0.1, 0.15) is 0 Å². The number of pyridine rings is 1. The molecule has 1 aromatic carbocycles. The van der Waals surface area contributed by atoms with E-state index in [1.807, 2.05) is 32.0 Å². The molecular formula is C19H23N3O3. The number of ether oxygens (including phenoxy) is 1. The third-order valence-corrected chi connectivity index (χ3v) is 3.49. The normalized spacial score (nSPS) is 10.2. The van der Waals surface area contributed by atoms with Gasteiger partial charge in [-0.3, -0.25) is 4.98 Å². The average molecular weight is 341 g/mol. The molecule has 1 heterocycles.